The minimum Gasteiger partial charge on any atom is -0.320 e. The highest BCUT2D eigenvalue weighted by molar-refractivity contribution is 6.14. The fourth-order valence-electron chi connectivity index (χ4n) is 7.25. The molecule has 0 aliphatic rings. The lowest BCUT2D eigenvalue weighted by Gasteiger charge is -2.16. The van der Waals surface area contributed by atoms with Crippen LogP contribution in [0.15, 0.2) is 158 Å². The van der Waals surface area contributed by atoms with Crippen LogP contribution in [0.25, 0.3) is 86.9 Å². The summed E-state index contributed by atoms with van der Waals surface area (Å²) < 4.78 is 4.51. The smallest absolute Gasteiger partial charge is 0.211 e. The number of para-hydroxylation sites is 4. The molecule has 0 radical (unpaired) electrons. The van der Waals surface area contributed by atoms with E-state index in [0.29, 0.717) is 11.4 Å². The van der Waals surface area contributed by atoms with E-state index in [0.717, 1.165) is 55.4 Å². The fourth-order valence-corrected chi connectivity index (χ4v) is 7.25. The van der Waals surface area contributed by atoms with E-state index < -0.39 is 0 Å². The van der Waals surface area contributed by atoms with Gasteiger partial charge in [0, 0.05) is 33.1 Å². The Bertz CT molecular complexity index is 2760. The average molecular weight is 611 g/mol. The van der Waals surface area contributed by atoms with E-state index in [4.69, 9.17) is 13.1 Å². The van der Waals surface area contributed by atoms with E-state index in [1.165, 1.54) is 21.8 Å². The predicted molar refractivity (Wildman–Crippen MR) is 199 cm³/mol. The number of fused-ring (bicyclic) bond motifs is 6. The molecule has 48 heavy (non-hydrogen) atoms. The van der Waals surface area contributed by atoms with Crippen LogP contribution in [-0.2, 0) is 0 Å². The van der Waals surface area contributed by atoms with Crippen LogP contribution in [-0.4, -0.2) is 9.13 Å². The molecule has 0 unspecified atom stereocenters. The molecule has 0 spiro atoms. The molecule has 0 fully saturated rings. The third-order valence-electron chi connectivity index (χ3n) is 9.34. The lowest BCUT2D eigenvalue weighted by Crippen LogP contribution is -1.97. The molecule has 0 atom stereocenters. The zero-order valence-corrected chi connectivity index (χ0v) is 25.8. The number of hydrogen-bond donors (Lipinski definition) is 0. The Kier molecular flexibility index (Phi) is 6.22. The van der Waals surface area contributed by atoms with Gasteiger partial charge in [-0.2, -0.15) is 0 Å². The van der Waals surface area contributed by atoms with Crippen molar-refractivity contribution in [1.82, 2.24) is 9.13 Å². The van der Waals surface area contributed by atoms with E-state index >= 15 is 0 Å². The van der Waals surface area contributed by atoms with Crippen molar-refractivity contribution in [2.45, 2.75) is 0 Å². The molecule has 9 rings (SSSR count). The topological polar surface area (TPSA) is 18.6 Å². The van der Waals surface area contributed by atoms with Crippen molar-refractivity contribution in [3.05, 3.63) is 181 Å². The van der Waals surface area contributed by atoms with Crippen molar-refractivity contribution in [1.29, 1.82) is 0 Å². The second-order valence-corrected chi connectivity index (χ2v) is 12.0. The highest BCUT2D eigenvalue weighted by Gasteiger charge is 2.19. The maximum Gasteiger partial charge on any atom is 0.211 e. The summed E-state index contributed by atoms with van der Waals surface area (Å²) in [5.74, 6) is 0. The van der Waals surface area contributed by atoms with Crippen molar-refractivity contribution in [3.63, 3.8) is 0 Å². The van der Waals surface area contributed by atoms with Gasteiger partial charge in [0.15, 0.2) is 5.69 Å². The lowest BCUT2D eigenvalue weighted by molar-refractivity contribution is 1.18. The van der Waals surface area contributed by atoms with Gasteiger partial charge in [-0.25, -0.2) is 9.69 Å². The highest BCUT2D eigenvalue weighted by Crippen LogP contribution is 2.42. The largest absolute Gasteiger partial charge is 0.320 e. The standard InChI is InChI=1S/C44H26N4/c1-45-32-24-25-34(43(28-32)48-42-23-8-5-18-37(42)38-19-11-20-39(46-2)44(38)48)31-14-9-12-29(26-31)30-13-10-15-33(27-30)47-40-21-6-3-16-35(40)36-17-4-7-22-41(36)47/h3-28H. The number of nitrogens with zero attached hydrogens (tertiary/aromatic N) is 4. The SMILES string of the molecule is [C-]#[N+]c1ccc(-c2cccc(-c3cccc(-n4c5ccccc5c5ccccc54)c3)c2)c(-n2c3ccccc3c3cccc([N+]#[C-])c32)c1. The maximum atomic E-state index is 8.00. The molecule has 0 saturated heterocycles. The van der Waals surface area contributed by atoms with Crippen LogP contribution in [0, 0.1) is 13.1 Å². The van der Waals surface area contributed by atoms with E-state index in [9.17, 15) is 0 Å². The molecule has 7 aromatic carbocycles. The van der Waals surface area contributed by atoms with Gasteiger partial charge >= 0.3 is 0 Å². The van der Waals surface area contributed by atoms with E-state index in [1.807, 2.05) is 42.5 Å². The van der Waals surface area contributed by atoms with Gasteiger partial charge < -0.3 is 9.13 Å². The van der Waals surface area contributed by atoms with Crippen LogP contribution in [0.4, 0.5) is 11.4 Å². The van der Waals surface area contributed by atoms with Gasteiger partial charge in [0.05, 0.1) is 35.2 Å². The second kappa shape index (κ2) is 10.9. The van der Waals surface area contributed by atoms with Crippen molar-refractivity contribution in [3.8, 4) is 33.6 Å². The lowest BCUT2D eigenvalue weighted by atomic mass is 9.97. The Hall–Kier alpha value is -6.88. The monoisotopic (exact) mass is 610 g/mol. The fraction of sp³-hybridized carbons (Fsp3) is 0. The molecule has 4 nitrogen and oxygen atoms in total. The molecule has 2 aromatic heterocycles. The first-order valence-electron chi connectivity index (χ1n) is 15.8. The minimum atomic E-state index is 0.551. The molecule has 2 heterocycles. The first kappa shape index (κ1) is 27.4. The zero-order chi connectivity index (χ0) is 32.2. The molecule has 4 heteroatoms. The summed E-state index contributed by atoms with van der Waals surface area (Å²) in [4.78, 5) is 7.71. The van der Waals surface area contributed by atoms with Crippen LogP contribution in [0.1, 0.15) is 0 Å². The van der Waals surface area contributed by atoms with Crippen molar-refractivity contribution in [2.24, 2.45) is 0 Å². The zero-order valence-electron chi connectivity index (χ0n) is 25.8. The average Bonchev–Trinajstić information content (AvgIpc) is 3.68. The van der Waals surface area contributed by atoms with Gasteiger partial charge in [-0.3, -0.25) is 0 Å². The molecular formula is C44H26N4. The summed E-state index contributed by atoms with van der Waals surface area (Å²) in [6.45, 7) is 15.8. The Morgan fingerprint density at radius 1 is 0.417 bits per heavy atom. The first-order valence-corrected chi connectivity index (χ1v) is 15.8. The highest BCUT2D eigenvalue weighted by atomic mass is 15.0. The van der Waals surface area contributed by atoms with E-state index in [2.05, 4.69) is 134 Å². The van der Waals surface area contributed by atoms with Crippen LogP contribution < -0.4 is 0 Å². The molecule has 0 N–H and O–H groups in total. The van der Waals surface area contributed by atoms with Gasteiger partial charge in [0.1, 0.15) is 0 Å². The van der Waals surface area contributed by atoms with Gasteiger partial charge in [0.25, 0.3) is 0 Å². The summed E-state index contributed by atoms with van der Waals surface area (Å²) in [6.07, 6.45) is 0. The summed E-state index contributed by atoms with van der Waals surface area (Å²) in [6, 6.07) is 54.5. The molecule has 0 bridgehead atoms. The van der Waals surface area contributed by atoms with Crippen molar-refractivity contribution >= 4 is 55.0 Å². The maximum absolute atomic E-state index is 8.00. The molecule has 0 aliphatic heterocycles. The van der Waals surface area contributed by atoms with Crippen molar-refractivity contribution < 1.29 is 0 Å². The van der Waals surface area contributed by atoms with Crippen molar-refractivity contribution in [2.75, 3.05) is 0 Å². The molecule has 0 amide bonds. The summed E-state index contributed by atoms with van der Waals surface area (Å²) in [7, 11) is 0. The number of aromatic nitrogens is 2. The van der Waals surface area contributed by atoms with Gasteiger partial charge in [-0.05, 0) is 64.5 Å². The predicted octanol–water partition coefficient (Wildman–Crippen LogP) is 12.3. The Labute approximate surface area is 277 Å². The van der Waals surface area contributed by atoms with Crippen LogP contribution >= 0.6 is 0 Å². The third-order valence-corrected chi connectivity index (χ3v) is 9.34. The molecule has 0 aliphatic carbocycles. The van der Waals surface area contributed by atoms with E-state index in [-0.39, 0.29) is 0 Å². The summed E-state index contributed by atoms with van der Waals surface area (Å²) in [5, 5.41) is 4.58. The minimum absolute atomic E-state index is 0.551. The normalized spacial score (nSPS) is 11.3. The Morgan fingerprint density at radius 3 is 1.67 bits per heavy atom. The van der Waals surface area contributed by atoms with Crippen LogP contribution in [0.5, 0.6) is 0 Å². The number of benzene rings is 7. The summed E-state index contributed by atoms with van der Waals surface area (Å²) in [5.41, 5.74) is 11.6. The number of rotatable bonds is 4. The van der Waals surface area contributed by atoms with Crippen LogP contribution in [0.2, 0.25) is 0 Å². The molecule has 222 valence electrons. The first-order chi connectivity index (χ1) is 23.7. The van der Waals surface area contributed by atoms with Gasteiger partial charge in [-0.1, -0.05) is 115 Å². The Morgan fingerprint density at radius 2 is 0.979 bits per heavy atom. The van der Waals surface area contributed by atoms with E-state index in [1.54, 1.807) is 0 Å². The van der Waals surface area contributed by atoms with Gasteiger partial charge in [0.2, 0.25) is 5.69 Å². The Balaban J connectivity index is 1.24. The quantitative estimate of drug-likeness (QED) is 0.177. The third kappa shape index (κ3) is 4.14. The van der Waals surface area contributed by atoms with Crippen LogP contribution in [0.3, 0.4) is 0 Å². The second-order valence-electron chi connectivity index (χ2n) is 12.0. The van der Waals surface area contributed by atoms with Gasteiger partial charge in [-0.15, -0.1) is 0 Å². The molecular weight excluding hydrogens is 585 g/mol. The molecule has 9 aromatic rings. The summed E-state index contributed by atoms with van der Waals surface area (Å²) >= 11 is 0. The molecule has 0 saturated carbocycles. The number of hydrogen-bond acceptors (Lipinski definition) is 0.